The second-order valence-electron chi connectivity index (χ2n) is 9.77. The molecule has 11 N–H and O–H groups in total. The first-order valence-corrected chi connectivity index (χ1v) is 12.3. The molecule has 3 amide bonds. The summed E-state index contributed by atoms with van der Waals surface area (Å²) in [6, 6.07) is -4.46. The number of hydrogen-bond donors (Lipinski definition) is 8. The van der Waals surface area contributed by atoms with Gasteiger partial charge in [-0.3, -0.25) is 24.2 Å². The zero-order chi connectivity index (χ0) is 28.7. The second-order valence-corrected chi connectivity index (χ2v) is 9.77. The van der Waals surface area contributed by atoms with E-state index in [2.05, 4.69) is 20.9 Å². The van der Waals surface area contributed by atoms with E-state index in [0.717, 1.165) is 0 Å². The second kappa shape index (κ2) is 17.1. The average molecular weight is 530 g/mol. The lowest BCUT2D eigenvalue weighted by Gasteiger charge is -2.26. The Labute approximate surface area is 217 Å². The predicted octanol–water partition coefficient (Wildman–Crippen LogP) is -1.14. The van der Waals surface area contributed by atoms with Crippen molar-refractivity contribution in [3.63, 3.8) is 0 Å². The topological polar surface area (TPSA) is 252 Å². The predicted molar refractivity (Wildman–Crippen MR) is 137 cm³/mol. The number of carboxylic acid groups (broad SMARTS) is 2. The number of amides is 3. The van der Waals surface area contributed by atoms with Crippen LogP contribution in [0.25, 0.3) is 0 Å². The summed E-state index contributed by atoms with van der Waals surface area (Å²) < 4.78 is 0. The standard InChI is InChI=1S/C23H43N7O7/c1-12(2)10-16(21(35)30-17(22(36)37)11-13(3)4)29-20(34)15(6-5-9-27-23(25)26)28-19(33)14(24)7-8-18(31)32/h12-17H,5-11,24H2,1-4H3,(H,28,33)(H,29,34)(H,30,35)(H,31,32)(H,36,37)(H4,25,26,27). The zero-order valence-electron chi connectivity index (χ0n) is 22.0. The SMILES string of the molecule is CC(C)CC(NC(=O)C(CC(C)C)NC(=O)C(CCCN=C(N)N)NC(=O)C(N)CCC(=O)O)C(=O)O. The van der Waals surface area contributed by atoms with Crippen molar-refractivity contribution in [3.8, 4) is 0 Å². The van der Waals surface area contributed by atoms with Crippen LogP contribution in [0.5, 0.6) is 0 Å². The van der Waals surface area contributed by atoms with Gasteiger partial charge in [0.25, 0.3) is 0 Å². The summed E-state index contributed by atoms with van der Waals surface area (Å²) in [6.07, 6.45) is 0.375. The largest absolute Gasteiger partial charge is 0.481 e. The van der Waals surface area contributed by atoms with Crippen molar-refractivity contribution < 1.29 is 34.2 Å². The average Bonchev–Trinajstić information content (AvgIpc) is 2.77. The Morgan fingerprint density at radius 1 is 0.757 bits per heavy atom. The van der Waals surface area contributed by atoms with E-state index in [1.807, 2.05) is 27.7 Å². The summed E-state index contributed by atoms with van der Waals surface area (Å²) in [5, 5.41) is 25.9. The van der Waals surface area contributed by atoms with Crippen molar-refractivity contribution in [2.45, 2.75) is 90.4 Å². The fourth-order valence-electron chi connectivity index (χ4n) is 3.40. The number of rotatable bonds is 18. The molecule has 0 aromatic carbocycles. The molecule has 37 heavy (non-hydrogen) atoms. The van der Waals surface area contributed by atoms with Crippen LogP contribution in [0.2, 0.25) is 0 Å². The number of aliphatic carboxylic acids is 2. The number of hydrogen-bond acceptors (Lipinski definition) is 7. The normalized spacial score (nSPS) is 14.2. The summed E-state index contributed by atoms with van der Waals surface area (Å²) in [6.45, 7) is 7.51. The molecule has 0 heterocycles. The maximum atomic E-state index is 13.1. The van der Waals surface area contributed by atoms with Crippen LogP contribution in [0.1, 0.15) is 66.2 Å². The number of carbonyl (C=O) groups excluding carboxylic acids is 3. The number of carboxylic acids is 2. The molecule has 0 radical (unpaired) electrons. The van der Waals surface area contributed by atoms with Crippen LogP contribution in [0, 0.1) is 11.8 Å². The van der Waals surface area contributed by atoms with Gasteiger partial charge in [0.1, 0.15) is 18.1 Å². The molecular weight excluding hydrogens is 486 g/mol. The lowest BCUT2D eigenvalue weighted by molar-refractivity contribution is -0.143. The van der Waals surface area contributed by atoms with E-state index in [-0.39, 0.29) is 56.4 Å². The van der Waals surface area contributed by atoms with Gasteiger partial charge in [-0.15, -0.1) is 0 Å². The van der Waals surface area contributed by atoms with E-state index in [0.29, 0.717) is 6.42 Å². The Morgan fingerprint density at radius 2 is 1.24 bits per heavy atom. The number of aliphatic imine (C=N–C) groups is 1. The van der Waals surface area contributed by atoms with Gasteiger partial charge >= 0.3 is 11.9 Å². The minimum Gasteiger partial charge on any atom is -0.481 e. The number of guanidine groups is 1. The highest BCUT2D eigenvalue weighted by molar-refractivity contribution is 5.94. The third-order valence-corrected chi connectivity index (χ3v) is 5.25. The van der Waals surface area contributed by atoms with E-state index in [1.165, 1.54) is 0 Å². The van der Waals surface area contributed by atoms with Gasteiger partial charge in [-0.2, -0.15) is 0 Å². The Bertz CT molecular complexity index is 813. The first-order valence-electron chi connectivity index (χ1n) is 12.3. The van der Waals surface area contributed by atoms with Gasteiger partial charge in [0.2, 0.25) is 17.7 Å². The lowest BCUT2D eigenvalue weighted by Crippen LogP contribution is -2.57. The first kappa shape index (κ1) is 33.6. The monoisotopic (exact) mass is 529 g/mol. The van der Waals surface area contributed by atoms with E-state index in [1.54, 1.807) is 0 Å². The molecule has 0 saturated carbocycles. The zero-order valence-corrected chi connectivity index (χ0v) is 22.0. The van der Waals surface area contributed by atoms with Gasteiger partial charge in [0.15, 0.2) is 5.96 Å². The highest BCUT2D eigenvalue weighted by Gasteiger charge is 2.31. The molecule has 212 valence electrons. The van der Waals surface area contributed by atoms with Gasteiger partial charge in [-0.25, -0.2) is 4.79 Å². The molecule has 0 fully saturated rings. The maximum Gasteiger partial charge on any atom is 0.326 e. The van der Waals surface area contributed by atoms with E-state index >= 15 is 0 Å². The molecule has 4 atom stereocenters. The van der Waals surface area contributed by atoms with Crippen molar-refractivity contribution in [1.29, 1.82) is 0 Å². The van der Waals surface area contributed by atoms with Gasteiger partial charge in [0, 0.05) is 13.0 Å². The first-order chi connectivity index (χ1) is 17.1. The molecule has 0 spiro atoms. The molecule has 0 aromatic rings. The highest BCUT2D eigenvalue weighted by Crippen LogP contribution is 2.10. The van der Waals surface area contributed by atoms with Gasteiger partial charge in [-0.1, -0.05) is 27.7 Å². The van der Waals surface area contributed by atoms with E-state index in [4.69, 9.17) is 22.3 Å². The molecular formula is C23H43N7O7. The van der Waals surface area contributed by atoms with Crippen LogP contribution in [-0.4, -0.2) is 76.5 Å². The summed E-state index contributed by atoms with van der Waals surface area (Å²) in [5.74, 6) is -4.51. The molecule has 0 aliphatic rings. The molecule has 0 bridgehead atoms. The molecule has 4 unspecified atom stereocenters. The number of nitrogens with zero attached hydrogens (tertiary/aromatic N) is 1. The number of carbonyl (C=O) groups is 5. The quantitative estimate of drug-likeness (QED) is 0.0601. The minimum absolute atomic E-state index is 0.00897. The smallest absolute Gasteiger partial charge is 0.326 e. The fourth-order valence-corrected chi connectivity index (χ4v) is 3.40. The maximum absolute atomic E-state index is 13.1. The molecule has 0 rings (SSSR count). The molecule has 0 aliphatic carbocycles. The summed E-state index contributed by atoms with van der Waals surface area (Å²) in [4.78, 5) is 64.8. The third-order valence-electron chi connectivity index (χ3n) is 5.25. The Hall–Kier alpha value is -3.42. The van der Waals surface area contributed by atoms with Crippen LogP contribution >= 0.6 is 0 Å². The van der Waals surface area contributed by atoms with Gasteiger partial charge in [0.05, 0.1) is 6.04 Å². The number of nitrogens with one attached hydrogen (secondary N) is 3. The number of nitrogens with two attached hydrogens (primary N) is 3. The Morgan fingerprint density at radius 3 is 1.73 bits per heavy atom. The summed E-state index contributed by atoms with van der Waals surface area (Å²) in [5.41, 5.74) is 16.4. The Kier molecular flexibility index (Phi) is 15.5. The van der Waals surface area contributed by atoms with Crippen LogP contribution in [0.4, 0.5) is 0 Å². The summed E-state index contributed by atoms with van der Waals surface area (Å²) >= 11 is 0. The van der Waals surface area contributed by atoms with Crippen molar-refractivity contribution in [1.82, 2.24) is 16.0 Å². The third kappa shape index (κ3) is 15.3. The van der Waals surface area contributed by atoms with Crippen molar-refractivity contribution >= 4 is 35.6 Å². The van der Waals surface area contributed by atoms with Crippen molar-refractivity contribution in [3.05, 3.63) is 0 Å². The lowest BCUT2D eigenvalue weighted by atomic mass is 10.00. The van der Waals surface area contributed by atoms with E-state index < -0.39 is 53.8 Å². The molecule has 0 aromatic heterocycles. The van der Waals surface area contributed by atoms with Gasteiger partial charge in [-0.05, 0) is 43.9 Å². The van der Waals surface area contributed by atoms with Crippen LogP contribution < -0.4 is 33.2 Å². The molecule has 14 heteroatoms. The van der Waals surface area contributed by atoms with Crippen LogP contribution in [0.15, 0.2) is 4.99 Å². The minimum atomic E-state index is -1.18. The van der Waals surface area contributed by atoms with Crippen LogP contribution in [-0.2, 0) is 24.0 Å². The van der Waals surface area contributed by atoms with Crippen molar-refractivity contribution in [2.24, 2.45) is 34.0 Å². The molecule has 0 aliphatic heterocycles. The van der Waals surface area contributed by atoms with Crippen molar-refractivity contribution in [2.75, 3.05) is 6.54 Å². The fraction of sp³-hybridized carbons (Fsp3) is 0.739. The summed E-state index contributed by atoms with van der Waals surface area (Å²) in [7, 11) is 0. The Balaban J connectivity index is 5.62. The highest BCUT2D eigenvalue weighted by atomic mass is 16.4. The van der Waals surface area contributed by atoms with Gasteiger partial charge < -0.3 is 43.4 Å². The molecule has 0 saturated heterocycles. The molecule has 14 nitrogen and oxygen atoms in total. The van der Waals surface area contributed by atoms with Crippen LogP contribution in [0.3, 0.4) is 0 Å². The van der Waals surface area contributed by atoms with E-state index in [9.17, 15) is 29.1 Å².